The fourth-order valence-corrected chi connectivity index (χ4v) is 0. The van der Waals surface area contributed by atoms with Gasteiger partial charge in [-0.25, -0.2) is 0 Å². The van der Waals surface area contributed by atoms with Crippen LogP contribution in [-0.2, 0) is 0 Å². The molecule has 0 fully saturated rings. The SMILES string of the molecule is O.[Na+].[Na+].[Na+].[Na+].[O-][Si]([O-])([O-])[O-]. The van der Waals surface area contributed by atoms with Gasteiger partial charge in [0.2, 0.25) is 0 Å². The van der Waals surface area contributed by atoms with E-state index < -0.39 is 9.05 Å². The van der Waals surface area contributed by atoms with Gasteiger partial charge < -0.3 is 33.7 Å². The van der Waals surface area contributed by atoms with E-state index in [4.69, 9.17) is 19.2 Å². The Morgan fingerprint density at radius 1 is 0.600 bits per heavy atom. The molecule has 10 heavy (non-hydrogen) atoms. The Morgan fingerprint density at radius 3 is 0.600 bits per heavy atom. The molecule has 0 bridgehead atoms. The average molecular weight is 202 g/mol. The molecule has 0 aliphatic carbocycles. The molecule has 0 aromatic rings. The van der Waals surface area contributed by atoms with Gasteiger partial charge in [0.1, 0.15) is 0 Å². The summed E-state index contributed by atoms with van der Waals surface area (Å²) in [5, 5.41) is 0. The molecule has 2 N–H and O–H groups in total. The van der Waals surface area contributed by atoms with Crippen molar-refractivity contribution in [3.63, 3.8) is 0 Å². The van der Waals surface area contributed by atoms with Crippen LogP contribution in [-0.4, -0.2) is 14.5 Å². The molecule has 0 atom stereocenters. The number of hydrogen-bond acceptors (Lipinski definition) is 4. The van der Waals surface area contributed by atoms with E-state index in [1.54, 1.807) is 0 Å². The van der Waals surface area contributed by atoms with Crippen LogP contribution in [0.5, 0.6) is 0 Å². The summed E-state index contributed by atoms with van der Waals surface area (Å²) in [6.07, 6.45) is 0. The summed E-state index contributed by atoms with van der Waals surface area (Å²) in [5.74, 6) is 0. The summed E-state index contributed by atoms with van der Waals surface area (Å²) in [4.78, 5) is 34.3. The zero-order chi connectivity index (χ0) is 4.50. The minimum absolute atomic E-state index is 0. The molecule has 10 heteroatoms. The fraction of sp³-hybridized carbons (Fsp3) is 0. The van der Waals surface area contributed by atoms with Crippen LogP contribution in [0.4, 0.5) is 0 Å². The maximum absolute atomic E-state index is 8.58. The first-order chi connectivity index (χ1) is 2.00. The van der Waals surface area contributed by atoms with Crippen molar-refractivity contribution in [1.82, 2.24) is 0 Å². The Balaban J connectivity index is -0.00000000800. The monoisotopic (exact) mass is 202 g/mol. The van der Waals surface area contributed by atoms with Gasteiger partial charge in [0.15, 0.2) is 0 Å². The molecular weight excluding hydrogens is 200 g/mol. The van der Waals surface area contributed by atoms with E-state index >= 15 is 0 Å². The average Bonchev–Trinajstić information content (AvgIpc) is 0.722. The predicted octanol–water partition coefficient (Wildman–Crippen LogP) is -17.9. The third kappa shape index (κ3) is 90.4. The van der Waals surface area contributed by atoms with Crippen molar-refractivity contribution in [3.05, 3.63) is 0 Å². The van der Waals surface area contributed by atoms with Crippen LogP contribution in [0.2, 0.25) is 0 Å². The topological polar surface area (TPSA) is 124 Å². The third-order valence-corrected chi connectivity index (χ3v) is 0. The van der Waals surface area contributed by atoms with E-state index in [2.05, 4.69) is 0 Å². The zero-order valence-corrected chi connectivity index (χ0v) is 15.6. The molecular formula is H2Na4O5Si. The Labute approximate surface area is 149 Å². The smallest absolute Gasteiger partial charge is 0.894 e. The molecule has 0 aliphatic rings. The van der Waals surface area contributed by atoms with Crippen molar-refractivity contribution in [3.8, 4) is 0 Å². The van der Waals surface area contributed by atoms with Gasteiger partial charge >= 0.3 is 118 Å². The van der Waals surface area contributed by atoms with E-state index in [-0.39, 0.29) is 124 Å². The first-order valence-corrected chi connectivity index (χ1v) is 2.45. The summed E-state index contributed by atoms with van der Waals surface area (Å²) < 4.78 is 0. The molecule has 0 saturated carbocycles. The normalized spacial score (nSPS) is 6.00. The van der Waals surface area contributed by atoms with E-state index in [1.165, 1.54) is 0 Å². The minimum Gasteiger partial charge on any atom is -0.894 e. The van der Waals surface area contributed by atoms with Crippen LogP contribution in [0.15, 0.2) is 0 Å². The van der Waals surface area contributed by atoms with Gasteiger partial charge in [-0.15, -0.1) is 0 Å². The summed E-state index contributed by atoms with van der Waals surface area (Å²) in [6.45, 7) is 0. The molecule has 0 radical (unpaired) electrons. The molecule has 0 amide bonds. The quantitative estimate of drug-likeness (QED) is 0.361. The van der Waals surface area contributed by atoms with Crippen molar-refractivity contribution in [2.75, 3.05) is 0 Å². The van der Waals surface area contributed by atoms with Crippen LogP contribution in [0.25, 0.3) is 0 Å². The second-order valence-corrected chi connectivity index (χ2v) is 1.50. The molecule has 0 saturated heterocycles. The maximum atomic E-state index is 8.58. The van der Waals surface area contributed by atoms with Gasteiger partial charge in [-0.2, -0.15) is 0 Å². The van der Waals surface area contributed by atoms with E-state index in [0.29, 0.717) is 0 Å². The van der Waals surface area contributed by atoms with Gasteiger partial charge in [-0.3, -0.25) is 0 Å². The molecule has 40 valence electrons. The molecule has 0 rings (SSSR count). The number of rotatable bonds is 0. The maximum Gasteiger partial charge on any atom is 1.00 e. The largest absolute Gasteiger partial charge is 1.00 e. The van der Waals surface area contributed by atoms with Crippen molar-refractivity contribution < 1.29 is 143 Å². The first kappa shape index (κ1) is 37.0. The summed E-state index contributed by atoms with van der Waals surface area (Å²) in [7, 11) is -5.61. The molecule has 0 unspecified atom stereocenters. The van der Waals surface area contributed by atoms with E-state index in [1.807, 2.05) is 0 Å². The predicted molar refractivity (Wildman–Crippen MR) is 9.37 cm³/mol. The van der Waals surface area contributed by atoms with E-state index in [0.717, 1.165) is 0 Å². The fourth-order valence-electron chi connectivity index (χ4n) is 0. The standard InChI is InChI=1S/4Na.O4Si.H2O/c;;;;1-5(2,3)4;/h;;;;;1H2/q4*+1;-4;. The van der Waals surface area contributed by atoms with Crippen LogP contribution in [0.3, 0.4) is 0 Å². The first-order valence-electron chi connectivity index (χ1n) is 0.816. The Bertz CT molecular complexity index is 29.1. The molecule has 0 spiro atoms. The Hall–Kier alpha value is 4.02. The molecule has 0 aromatic carbocycles. The van der Waals surface area contributed by atoms with Crippen molar-refractivity contribution in [1.29, 1.82) is 0 Å². The second kappa shape index (κ2) is 18.7. The Kier molecular flexibility index (Phi) is 69.2. The zero-order valence-electron chi connectivity index (χ0n) is 6.63. The van der Waals surface area contributed by atoms with Gasteiger partial charge in [0, 0.05) is 0 Å². The van der Waals surface area contributed by atoms with Crippen molar-refractivity contribution >= 4 is 9.05 Å². The van der Waals surface area contributed by atoms with Gasteiger partial charge in [0.25, 0.3) is 0 Å². The van der Waals surface area contributed by atoms with Crippen molar-refractivity contribution in [2.24, 2.45) is 0 Å². The second-order valence-electron chi connectivity index (χ2n) is 0.500. The minimum atomic E-state index is -5.61. The Morgan fingerprint density at radius 2 is 0.600 bits per heavy atom. The molecule has 5 nitrogen and oxygen atoms in total. The van der Waals surface area contributed by atoms with E-state index in [9.17, 15) is 0 Å². The van der Waals surface area contributed by atoms with Crippen molar-refractivity contribution in [2.45, 2.75) is 0 Å². The van der Waals surface area contributed by atoms with Crippen LogP contribution >= 0.6 is 0 Å². The van der Waals surface area contributed by atoms with Gasteiger partial charge in [-0.1, -0.05) is 0 Å². The summed E-state index contributed by atoms with van der Waals surface area (Å²) in [5.41, 5.74) is 0. The molecule has 0 aliphatic heterocycles. The molecule has 0 heterocycles. The summed E-state index contributed by atoms with van der Waals surface area (Å²) >= 11 is 0. The summed E-state index contributed by atoms with van der Waals surface area (Å²) in [6, 6.07) is 0. The number of hydrogen-bond donors (Lipinski definition) is 0. The molecule has 0 aromatic heterocycles. The van der Waals surface area contributed by atoms with Gasteiger partial charge in [-0.05, 0) is 0 Å². The van der Waals surface area contributed by atoms with Crippen LogP contribution < -0.4 is 137 Å². The van der Waals surface area contributed by atoms with Gasteiger partial charge in [0.05, 0.1) is 0 Å². The van der Waals surface area contributed by atoms with Crippen LogP contribution in [0.1, 0.15) is 0 Å². The van der Waals surface area contributed by atoms with Crippen LogP contribution in [0, 0.1) is 0 Å². The third-order valence-electron chi connectivity index (χ3n) is 0.